The maximum atomic E-state index is 12.9. The number of carbonyl (C=O) groups is 1. The number of halogens is 6. The first-order valence-electron chi connectivity index (χ1n) is 8.15. The van der Waals surface area contributed by atoms with Crippen molar-refractivity contribution in [3.05, 3.63) is 40.4 Å². The Kier molecular flexibility index (Phi) is 6.79. The molecule has 2 aromatic rings. The zero-order valence-corrected chi connectivity index (χ0v) is 17.3. The molecule has 0 aliphatic rings. The minimum Gasteiger partial charge on any atom is -0.344 e. The first-order valence-corrected chi connectivity index (χ1v) is 10.0. The van der Waals surface area contributed by atoms with Crippen LogP contribution in [0.3, 0.4) is 0 Å². The Morgan fingerprint density at radius 3 is 2.40 bits per heavy atom. The molecule has 0 aliphatic heterocycles. The summed E-state index contributed by atoms with van der Waals surface area (Å²) in [4.78, 5) is 15.4. The van der Waals surface area contributed by atoms with Crippen molar-refractivity contribution in [3.8, 4) is 0 Å². The fraction of sp³-hybridized carbons (Fsp3) is 0.375. The van der Waals surface area contributed by atoms with Crippen LogP contribution in [0, 0.1) is 6.92 Å². The second kappa shape index (κ2) is 8.47. The van der Waals surface area contributed by atoms with Crippen LogP contribution in [0.25, 0.3) is 0 Å². The molecule has 0 bridgehead atoms. The van der Waals surface area contributed by atoms with Crippen molar-refractivity contribution < 1.29 is 35.2 Å². The highest BCUT2D eigenvalue weighted by atomic mass is 35.5. The molecule has 14 heteroatoms. The van der Waals surface area contributed by atoms with Crippen LogP contribution in [0.2, 0.25) is 5.02 Å². The fourth-order valence-electron chi connectivity index (χ4n) is 2.45. The van der Waals surface area contributed by atoms with Crippen molar-refractivity contribution in [3.63, 3.8) is 0 Å². The Morgan fingerprint density at radius 1 is 1.27 bits per heavy atom. The van der Waals surface area contributed by atoms with Crippen molar-refractivity contribution in [1.82, 2.24) is 14.3 Å². The molecule has 1 unspecified atom stereocenters. The van der Waals surface area contributed by atoms with Crippen LogP contribution >= 0.6 is 11.6 Å². The molecule has 2 heterocycles. The van der Waals surface area contributed by atoms with E-state index >= 15 is 0 Å². The molecule has 0 aromatic carbocycles. The van der Waals surface area contributed by atoms with Gasteiger partial charge in [-0.05, 0) is 26.0 Å². The number of aromatic nitrogens is 2. The molecule has 30 heavy (non-hydrogen) atoms. The van der Waals surface area contributed by atoms with E-state index in [0.717, 1.165) is 16.8 Å². The van der Waals surface area contributed by atoms with E-state index in [4.69, 9.17) is 11.6 Å². The zero-order chi connectivity index (χ0) is 23.0. The van der Waals surface area contributed by atoms with E-state index in [2.05, 4.69) is 10.3 Å². The number of carbonyl (C=O) groups excluding carboxylic acids is 1. The van der Waals surface area contributed by atoms with Crippen LogP contribution in [-0.4, -0.2) is 36.1 Å². The zero-order valence-electron chi connectivity index (χ0n) is 15.7. The first kappa shape index (κ1) is 24.0. The molecule has 0 spiro atoms. The van der Waals surface area contributed by atoms with Crippen molar-refractivity contribution in [1.29, 1.82) is 0 Å². The fourth-order valence-corrected chi connectivity index (χ4v) is 4.38. The third kappa shape index (κ3) is 5.26. The molecule has 1 atom stereocenters. The summed E-state index contributed by atoms with van der Waals surface area (Å²) >= 11 is 5.97. The lowest BCUT2D eigenvalue weighted by molar-refractivity contribution is -0.147. The summed E-state index contributed by atoms with van der Waals surface area (Å²) < 4.78 is 90.8. The van der Waals surface area contributed by atoms with Crippen LogP contribution in [-0.2, 0) is 17.1 Å². The molecule has 166 valence electrons. The van der Waals surface area contributed by atoms with E-state index in [1.165, 1.54) is 24.8 Å². The molecule has 0 saturated carbocycles. The number of hydrogen-bond acceptors (Lipinski definition) is 4. The van der Waals surface area contributed by atoms with E-state index < -0.39 is 55.9 Å². The lowest BCUT2D eigenvalue weighted by atomic mass is 10.2. The van der Waals surface area contributed by atoms with Crippen LogP contribution < -0.4 is 10.0 Å². The predicted molar refractivity (Wildman–Crippen MR) is 98.1 cm³/mol. The molecule has 0 radical (unpaired) electrons. The molecular formula is C16H16ClF5N4O3S. The number of amides is 1. The Bertz CT molecular complexity index is 1070. The van der Waals surface area contributed by atoms with Gasteiger partial charge in [0.1, 0.15) is 22.3 Å². The Morgan fingerprint density at radius 2 is 1.87 bits per heavy atom. The number of aryl methyl sites for hydroxylation is 2. The number of alkyl halides is 5. The van der Waals surface area contributed by atoms with Gasteiger partial charge in [0, 0.05) is 24.6 Å². The minimum absolute atomic E-state index is 0.0479. The second-order valence-electron chi connectivity index (χ2n) is 6.33. The molecule has 2 aromatic heterocycles. The maximum absolute atomic E-state index is 12.9. The van der Waals surface area contributed by atoms with Gasteiger partial charge in [-0.1, -0.05) is 11.6 Å². The van der Waals surface area contributed by atoms with Gasteiger partial charge in [-0.3, -0.25) is 9.78 Å². The van der Waals surface area contributed by atoms with Crippen LogP contribution in [0.4, 0.5) is 27.6 Å². The molecule has 1 amide bonds. The lowest BCUT2D eigenvalue weighted by Crippen LogP contribution is -2.42. The Hall–Kier alpha value is -2.25. The summed E-state index contributed by atoms with van der Waals surface area (Å²) in [5.74, 6) is -0.960. The van der Waals surface area contributed by atoms with Gasteiger partial charge in [0.25, 0.3) is 12.3 Å². The molecule has 0 saturated heterocycles. The molecule has 0 fully saturated rings. The van der Waals surface area contributed by atoms with Crippen LogP contribution in [0.15, 0.2) is 23.2 Å². The van der Waals surface area contributed by atoms with E-state index in [0.29, 0.717) is 6.92 Å². The molecule has 2 rings (SSSR count). The first-order chi connectivity index (χ1) is 13.6. The lowest BCUT2D eigenvalue weighted by Gasteiger charge is -2.16. The van der Waals surface area contributed by atoms with Gasteiger partial charge in [0.15, 0.2) is 0 Å². The Labute approximate surface area is 173 Å². The highest BCUT2D eigenvalue weighted by Gasteiger charge is 2.40. The van der Waals surface area contributed by atoms with Crippen molar-refractivity contribution >= 4 is 33.2 Å². The standard InChI is InChI=1S/C16H16ClF5N4O3S/c1-7-4-9(5-10(23-7)14(18)19)24-15(27)13-12(17)11(6-26(13)3)30(28,29)25-8(2)16(20,21)22/h4-6,8,14,25H,1-3H3,(H,23,24,27). The van der Waals surface area contributed by atoms with Gasteiger partial charge in [-0.2, -0.15) is 17.9 Å². The monoisotopic (exact) mass is 474 g/mol. The molecule has 7 nitrogen and oxygen atoms in total. The van der Waals surface area contributed by atoms with Crippen molar-refractivity contribution in [2.75, 3.05) is 5.32 Å². The van der Waals surface area contributed by atoms with Gasteiger partial charge in [-0.25, -0.2) is 17.2 Å². The van der Waals surface area contributed by atoms with E-state index in [1.54, 1.807) is 0 Å². The van der Waals surface area contributed by atoms with Gasteiger partial charge in [0.2, 0.25) is 10.0 Å². The summed E-state index contributed by atoms with van der Waals surface area (Å²) in [7, 11) is -3.47. The summed E-state index contributed by atoms with van der Waals surface area (Å²) in [6.07, 6.45) is -6.86. The number of rotatable bonds is 6. The van der Waals surface area contributed by atoms with E-state index in [1.807, 2.05) is 0 Å². The number of nitrogens with zero attached hydrogens (tertiary/aromatic N) is 2. The number of nitrogens with one attached hydrogen (secondary N) is 2. The van der Waals surface area contributed by atoms with Crippen LogP contribution in [0.1, 0.15) is 35.2 Å². The van der Waals surface area contributed by atoms with Crippen LogP contribution in [0.5, 0.6) is 0 Å². The summed E-state index contributed by atoms with van der Waals surface area (Å²) in [5, 5.41) is 1.66. The van der Waals surface area contributed by atoms with Gasteiger partial charge < -0.3 is 9.88 Å². The number of anilines is 1. The third-order valence-electron chi connectivity index (χ3n) is 3.87. The summed E-state index contributed by atoms with van der Waals surface area (Å²) in [6, 6.07) is -0.176. The quantitative estimate of drug-likeness (QED) is 0.623. The molecule has 2 N–H and O–H groups in total. The van der Waals surface area contributed by atoms with Gasteiger partial charge in [0.05, 0.1) is 5.02 Å². The minimum atomic E-state index is -4.84. The third-order valence-corrected chi connectivity index (χ3v) is 5.92. The smallest absolute Gasteiger partial charge is 0.344 e. The number of sulfonamides is 1. The SMILES string of the molecule is Cc1cc(NC(=O)c2c(Cl)c(S(=O)(=O)NC(C)C(F)(F)F)cn2C)cc(C(F)F)n1. The molecule has 0 aliphatic carbocycles. The second-order valence-corrected chi connectivity index (χ2v) is 8.39. The summed E-state index contributed by atoms with van der Waals surface area (Å²) in [6.45, 7) is 2.03. The number of pyridine rings is 1. The van der Waals surface area contributed by atoms with Crippen molar-refractivity contribution in [2.45, 2.75) is 37.4 Å². The van der Waals surface area contributed by atoms with E-state index in [-0.39, 0.29) is 11.4 Å². The highest BCUT2D eigenvalue weighted by Crippen LogP contribution is 2.30. The highest BCUT2D eigenvalue weighted by molar-refractivity contribution is 7.89. The summed E-state index contributed by atoms with van der Waals surface area (Å²) in [5.41, 5.74) is -0.843. The predicted octanol–water partition coefficient (Wildman–Crippen LogP) is 3.80. The van der Waals surface area contributed by atoms with Crippen molar-refractivity contribution in [2.24, 2.45) is 7.05 Å². The normalized spacial score (nSPS) is 13.5. The van der Waals surface area contributed by atoms with Gasteiger partial charge >= 0.3 is 6.18 Å². The molecular weight excluding hydrogens is 459 g/mol. The average molecular weight is 475 g/mol. The average Bonchev–Trinajstić information content (AvgIpc) is 2.88. The Balaban J connectivity index is 2.37. The maximum Gasteiger partial charge on any atom is 0.404 e. The number of hydrogen-bond donors (Lipinski definition) is 2. The van der Waals surface area contributed by atoms with E-state index in [9.17, 15) is 35.2 Å². The van der Waals surface area contributed by atoms with Gasteiger partial charge in [-0.15, -0.1) is 0 Å². The topological polar surface area (TPSA) is 93.1 Å². The largest absolute Gasteiger partial charge is 0.404 e.